The maximum absolute atomic E-state index is 13.6. The minimum atomic E-state index is -4.53. The average molecular weight is 403 g/mol. The van der Waals surface area contributed by atoms with Crippen LogP contribution in [-0.2, 0) is 11.0 Å². The Balaban J connectivity index is 1.65. The third-order valence-corrected chi connectivity index (χ3v) is 4.85. The largest absolute Gasteiger partial charge is 0.418 e. The molecule has 0 atom stereocenters. The first-order valence-electron chi connectivity index (χ1n) is 9.02. The maximum atomic E-state index is 13.6. The molecule has 0 bridgehead atoms. The summed E-state index contributed by atoms with van der Waals surface area (Å²) in [5.74, 6) is -0.962. The Kier molecular flexibility index (Phi) is 4.77. The minimum absolute atomic E-state index is 0.117. The Hall–Kier alpha value is -3.29. The van der Waals surface area contributed by atoms with Gasteiger partial charge >= 0.3 is 6.18 Å². The molecule has 0 aliphatic carbocycles. The van der Waals surface area contributed by atoms with Crippen molar-refractivity contribution >= 4 is 28.5 Å². The topological polar surface area (TPSA) is 44.4 Å². The lowest BCUT2D eigenvalue weighted by atomic mass is 10.1. The number of carbonyl (C=O) groups excluding carboxylic acids is 1. The summed E-state index contributed by atoms with van der Waals surface area (Å²) >= 11 is 0. The number of hydrogen-bond acceptors (Lipinski definition) is 3. The average Bonchev–Trinajstić information content (AvgIpc) is 3.00. The van der Waals surface area contributed by atoms with E-state index in [0.29, 0.717) is 30.8 Å². The highest BCUT2D eigenvalue weighted by Crippen LogP contribution is 2.39. The number of benzene rings is 2. The Labute approximate surface area is 164 Å². The lowest BCUT2D eigenvalue weighted by molar-refractivity contribution is -0.137. The standard InChI is InChI=1S/C21H17F4N3O/c22-13-4-6-18-15(10-13)16(20(29)27-18)12-26-14-5-7-19(17(11-14)21(23,24)25)28-8-2-1-3-9-28/h1-2,4-7,10-12,26H,3,8-9H2,(H,27,29)/b16-12+. The summed E-state index contributed by atoms with van der Waals surface area (Å²) in [4.78, 5) is 13.8. The van der Waals surface area contributed by atoms with E-state index >= 15 is 0 Å². The van der Waals surface area contributed by atoms with Crippen LogP contribution in [0.4, 0.5) is 34.6 Å². The monoisotopic (exact) mass is 403 g/mol. The molecule has 2 aromatic rings. The second-order valence-corrected chi connectivity index (χ2v) is 6.78. The molecular formula is C21H17F4N3O. The van der Waals surface area contributed by atoms with Gasteiger partial charge < -0.3 is 15.5 Å². The van der Waals surface area contributed by atoms with E-state index in [1.165, 1.54) is 36.5 Å². The third-order valence-electron chi connectivity index (χ3n) is 4.85. The molecule has 2 aliphatic heterocycles. The van der Waals surface area contributed by atoms with Gasteiger partial charge in [0.05, 0.1) is 11.1 Å². The van der Waals surface area contributed by atoms with Gasteiger partial charge in [-0.2, -0.15) is 13.2 Å². The molecule has 0 fully saturated rings. The molecule has 29 heavy (non-hydrogen) atoms. The fourth-order valence-electron chi connectivity index (χ4n) is 3.45. The number of amides is 1. The van der Waals surface area contributed by atoms with Crippen LogP contribution in [0, 0.1) is 5.82 Å². The van der Waals surface area contributed by atoms with E-state index in [9.17, 15) is 22.4 Å². The van der Waals surface area contributed by atoms with Crippen molar-refractivity contribution in [2.45, 2.75) is 12.6 Å². The summed E-state index contributed by atoms with van der Waals surface area (Å²) in [6.07, 6.45) is 1.24. The van der Waals surface area contributed by atoms with Crippen LogP contribution >= 0.6 is 0 Å². The summed E-state index contributed by atoms with van der Waals surface area (Å²) in [5, 5.41) is 5.33. The van der Waals surface area contributed by atoms with Gasteiger partial charge in [0.1, 0.15) is 5.82 Å². The molecule has 4 nitrogen and oxygen atoms in total. The molecule has 8 heteroatoms. The van der Waals surface area contributed by atoms with E-state index in [0.717, 1.165) is 6.07 Å². The first-order chi connectivity index (χ1) is 13.8. The lowest BCUT2D eigenvalue weighted by Gasteiger charge is -2.28. The van der Waals surface area contributed by atoms with Crippen LogP contribution in [0.2, 0.25) is 0 Å². The van der Waals surface area contributed by atoms with Gasteiger partial charge in [0.25, 0.3) is 5.91 Å². The van der Waals surface area contributed by atoms with Crippen molar-refractivity contribution in [3.8, 4) is 0 Å². The molecule has 2 N–H and O–H groups in total. The highest BCUT2D eigenvalue weighted by Gasteiger charge is 2.35. The van der Waals surface area contributed by atoms with Crippen LogP contribution in [-0.4, -0.2) is 19.0 Å². The van der Waals surface area contributed by atoms with E-state index in [2.05, 4.69) is 10.6 Å². The fourth-order valence-corrected chi connectivity index (χ4v) is 3.45. The number of rotatable bonds is 3. The molecule has 0 spiro atoms. The van der Waals surface area contributed by atoms with Crippen LogP contribution in [0.1, 0.15) is 17.5 Å². The fraction of sp³-hybridized carbons (Fsp3) is 0.190. The Morgan fingerprint density at radius 2 is 1.93 bits per heavy atom. The highest BCUT2D eigenvalue weighted by atomic mass is 19.4. The predicted molar refractivity (Wildman–Crippen MR) is 104 cm³/mol. The van der Waals surface area contributed by atoms with Crippen LogP contribution in [0.3, 0.4) is 0 Å². The Bertz CT molecular complexity index is 1030. The van der Waals surface area contributed by atoms with E-state index in [-0.39, 0.29) is 16.9 Å². The molecule has 2 heterocycles. The zero-order valence-electron chi connectivity index (χ0n) is 15.2. The number of alkyl halides is 3. The quantitative estimate of drug-likeness (QED) is 0.430. The molecule has 2 aliphatic rings. The van der Waals surface area contributed by atoms with Crippen LogP contribution in [0.25, 0.3) is 5.57 Å². The predicted octanol–water partition coefficient (Wildman–Crippen LogP) is 5.02. The molecule has 0 saturated heterocycles. The van der Waals surface area contributed by atoms with Crippen molar-refractivity contribution in [2.75, 3.05) is 28.6 Å². The molecular weight excluding hydrogens is 386 g/mol. The molecule has 1 amide bonds. The molecule has 0 saturated carbocycles. The summed E-state index contributed by atoms with van der Waals surface area (Å²) < 4.78 is 54.4. The van der Waals surface area contributed by atoms with E-state index < -0.39 is 23.5 Å². The molecule has 0 unspecified atom stereocenters. The van der Waals surface area contributed by atoms with Gasteiger partial charge in [0.2, 0.25) is 0 Å². The molecule has 0 radical (unpaired) electrons. The van der Waals surface area contributed by atoms with E-state index in [4.69, 9.17) is 0 Å². The smallest absolute Gasteiger partial charge is 0.367 e. The number of carbonyl (C=O) groups is 1. The Morgan fingerprint density at radius 1 is 1.10 bits per heavy atom. The number of nitrogens with one attached hydrogen (secondary N) is 2. The maximum Gasteiger partial charge on any atom is 0.418 e. The summed E-state index contributed by atoms with van der Waals surface area (Å²) in [6.45, 7) is 0.932. The normalized spacial score (nSPS) is 17.4. The van der Waals surface area contributed by atoms with Crippen LogP contribution in [0.15, 0.2) is 54.8 Å². The highest BCUT2D eigenvalue weighted by molar-refractivity contribution is 6.31. The molecule has 2 aromatic carbocycles. The first kappa shape index (κ1) is 19.0. The first-order valence-corrected chi connectivity index (χ1v) is 9.02. The van der Waals surface area contributed by atoms with Gasteiger partial charge in [-0.15, -0.1) is 0 Å². The van der Waals surface area contributed by atoms with Gasteiger partial charge in [-0.05, 0) is 42.8 Å². The van der Waals surface area contributed by atoms with Gasteiger partial charge in [0, 0.05) is 41.9 Å². The number of halogens is 4. The van der Waals surface area contributed by atoms with Crippen LogP contribution in [0.5, 0.6) is 0 Å². The second kappa shape index (κ2) is 7.27. The number of fused-ring (bicyclic) bond motifs is 1. The lowest BCUT2D eigenvalue weighted by Crippen LogP contribution is -2.29. The summed E-state index contributed by atoms with van der Waals surface area (Å²) in [5.41, 5.74) is 0.505. The molecule has 150 valence electrons. The SMILES string of the molecule is O=C1Nc2ccc(F)cc2/C1=C\Nc1ccc(N2CC=CCC2)c(C(F)(F)F)c1. The zero-order valence-corrected chi connectivity index (χ0v) is 15.2. The summed E-state index contributed by atoms with van der Waals surface area (Å²) in [6, 6.07) is 7.83. The van der Waals surface area contributed by atoms with Crippen molar-refractivity contribution in [1.29, 1.82) is 0 Å². The van der Waals surface area contributed by atoms with E-state index in [1.54, 1.807) is 4.90 Å². The molecule has 4 rings (SSSR count). The van der Waals surface area contributed by atoms with Gasteiger partial charge in [0.15, 0.2) is 0 Å². The van der Waals surface area contributed by atoms with Crippen molar-refractivity contribution in [2.24, 2.45) is 0 Å². The third kappa shape index (κ3) is 3.83. The van der Waals surface area contributed by atoms with Gasteiger partial charge in [-0.1, -0.05) is 12.2 Å². The van der Waals surface area contributed by atoms with Crippen LogP contribution < -0.4 is 15.5 Å². The molecule has 0 aromatic heterocycles. The number of nitrogens with zero attached hydrogens (tertiary/aromatic N) is 1. The van der Waals surface area contributed by atoms with Crippen molar-refractivity contribution in [1.82, 2.24) is 0 Å². The van der Waals surface area contributed by atoms with Crippen molar-refractivity contribution in [3.63, 3.8) is 0 Å². The summed E-state index contributed by atoms with van der Waals surface area (Å²) in [7, 11) is 0. The number of anilines is 3. The Morgan fingerprint density at radius 3 is 2.66 bits per heavy atom. The van der Waals surface area contributed by atoms with Crippen molar-refractivity contribution in [3.05, 3.63) is 71.7 Å². The van der Waals surface area contributed by atoms with E-state index in [1.807, 2.05) is 12.2 Å². The number of hydrogen-bond donors (Lipinski definition) is 2. The minimum Gasteiger partial charge on any atom is -0.367 e. The van der Waals surface area contributed by atoms with Gasteiger partial charge in [-0.3, -0.25) is 4.79 Å². The van der Waals surface area contributed by atoms with Gasteiger partial charge in [-0.25, -0.2) is 4.39 Å². The zero-order chi connectivity index (χ0) is 20.6. The second-order valence-electron chi connectivity index (χ2n) is 6.78. The van der Waals surface area contributed by atoms with Crippen molar-refractivity contribution < 1.29 is 22.4 Å².